The minimum absolute atomic E-state index is 0.110. The number of hydrogen-bond donors (Lipinski definition) is 0. The molecule has 1 saturated heterocycles. The largest absolute Gasteiger partial charge is 0.375 e. The summed E-state index contributed by atoms with van der Waals surface area (Å²) in [6.07, 6.45) is 0.128. The van der Waals surface area contributed by atoms with Crippen LogP contribution in [0.5, 0.6) is 0 Å². The predicted molar refractivity (Wildman–Crippen MR) is 67.9 cm³/mol. The quantitative estimate of drug-likeness (QED) is 0.798. The number of nitrogens with zero attached hydrogens (tertiary/aromatic N) is 1. The number of morpholine rings is 1. The van der Waals surface area contributed by atoms with E-state index in [1.807, 2.05) is 30.9 Å². The van der Waals surface area contributed by atoms with Crippen LogP contribution < -0.4 is 0 Å². The Bertz CT molecular complexity index is 393. The lowest BCUT2D eigenvalue weighted by Crippen LogP contribution is -2.50. The summed E-state index contributed by atoms with van der Waals surface area (Å²) >= 11 is 4.85. The van der Waals surface area contributed by atoms with Crippen molar-refractivity contribution >= 4 is 33.2 Å². The predicted octanol–water partition coefficient (Wildman–Crippen LogP) is 2.76. The first-order chi connectivity index (χ1) is 7.58. The van der Waals surface area contributed by atoms with E-state index in [1.165, 1.54) is 11.3 Å². The van der Waals surface area contributed by atoms with Crippen molar-refractivity contribution in [3.63, 3.8) is 0 Å². The topological polar surface area (TPSA) is 29.5 Å². The molecule has 3 nitrogen and oxygen atoms in total. The van der Waals surface area contributed by atoms with Crippen LogP contribution in [0.15, 0.2) is 15.9 Å². The number of halogens is 1. The number of amides is 1. The van der Waals surface area contributed by atoms with Gasteiger partial charge >= 0.3 is 0 Å². The smallest absolute Gasteiger partial charge is 0.264 e. The van der Waals surface area contributed by atoms with Gasteiger partial charge in [-0.25, -0.2) is 0 Å². The van der Waals surface area contributed by atoms with Crippen molar-refractivity contribution in [1.82, 2.24) is 4.90 Å². The Morgan fingerprint density at radius 1 is 1.56 bits per heavy atom. The zero-order valence-corrected chi connectivity index (χ0v) is 11.7. The highest BCUT2D eigenvalue weighted by Gasteiger charge is 2.28. The van der Waals surface area contributed by atoms with Crippen LogP contribution in [-0.4, -0.2) is 36.1 Å². The Morgan fingerprint density at radius 2 is 2.31 bits per heavy atom. The van der Waals surface area contributed by atoms with Crippen molar-refractivity contribution in [2.45, 2.75) is 26.0 Å². The molecular formula is C11H14BrNO2S. The van der Waals surface area contributed by atoms with Gasteiger partial charge in [-0.15, -0.1) is 11.3 Å². The van der Waals surface area contributed by atoms with Crippen LogP contribution in [0, 0.1) is 0 Å². The summed E-state index contributed by atoms with van der Waals surface area (Å²) in [6, 6.07) is 3.93. The van der Waals surface area contributed by atoms with Gasteiger partial charge < -0.3 is 9.64 Å². The standard InChI is InChI=1S/C11H14BrNO2S/c1-7-6-15-8(2)5-13(7)11(14)9-3-4-10(12)16-9/h3-4,7-8H,5-6H2,1-2H3/t7-,8-/m0/s1. The highest BCUT2D eigenvalue weighted by atomic mass is 79.9. The molecule has 16 heavy (non-hydrogen) atoms. The van der Waals surface area contributed by atoms with E-state index in [9.17, 15) is 4.79 Å². The first-order valence-corrected chi connectivity index (χ1v) is 6.87. The summed E-state index contributed by atoms with van der Waals surface area (Å²) in [6.45, 7) is 5.32. The van der Waals surface area contributed by atoms with E-state index in [-0.39, 0.29) is 18.1 Å². The van der Waals surface area contributed by atoms with E-state index < -0.39 is 0 Å². The molecule has 2 heterocycles. The van der Waals surface area contributed by atoms with Gasteiger partial charge in [0.05, 0.1) is 27.4 Å². The zero-order chi connectivity index (χ0) is 11.7. The second kappa shape index (κ2) is 4.85. The van der Waals surface area contributed by atoms with Crippen molar-refractivity contribution in [3.8, 4) is 0 Å². The second-order valence-electron chi connectivity index (χ2n) is 4.05. The van der Waals surface area contributed by atoms with Crippen LogP contribution in [-0.2, 0) is 4.74 Å². The lowest BCUT2D eigenvalue weighted by Gasteiger charge is -2.36. The second-order valence-corrected chi connectivity index (χ2v) is 6.52. The fraction of sp³-hybridized carbons (Fsp3) is 0.545. The molecule has 88 valence electrons. The van der Waals surface area contributed by atoms with E-state index in [1.54, 1.807) is 0 Å². The maximum atomic E-state index is 12.2. The molecule has 1 aromatic heterocycles. The molecule has 1 aliphatic heterocycles. The van der Waals surface area contributed by atoms with Gasteiger partial charge in [0.2, 0.25) is 0 Å². The maximum absolute atomic E-state index is 12.2. The zero-order valence-electron chi connectivity index (χ0n) is 9.27. The summed E-state index contributed by atoms with van der Waals surface area (Å²) in [5.74, 6) is 0.110. The van der Waals surface area contributed by atoms with Crippen molar-refractivity contribution in [1.29, 1.82) is 0 Å². The van der Waals surface area contributed by atoms with Crippen LogP contribution in [0.25, 0.3) is 0 Å². The number of carbonyl (C=O) groups is 1. The van der Waals surface area contributed by atoms with Crippen LogP contribution in [0.3, 0.4) is 0 Å². The summed E-state index contributed by atoms with van der Waals surface area (Å²) in [5.41, 5.74) is 0. The SMILES string of the molecule is C[C@H]1CN(C(=O)c2ccc(Br)s2)[C@@H](C)CO1. The van der Waals surface area contributed by atoms with Crippen LogP contribution in [0.4, 0.5) is 0 Å². The fourth-order valence-corrected chi connectivity index (χ4v) is 3.10. The molecule has 1 amide bonds. The van der Waals surface area contributed by atoms with Crippen LogP contribution >= 0.6 is 27.3 Å². The van der Waals surface area contributed by atoms with Gasteiger partial charge in [-0.05, 0) is 41.9 Å². The average Bonchev–Trinajstić information content (AvgIpc) is 2.67. The van der Waals surface area contributed by atoms with Gasteiger partial charge in [0.1, 0.15) is 0 Å². The number of hydrogen-bond acceptors (Lipinski definition) is 3. The minimum atomic E-state index is 0.110. The third kappa shape index (κ3) is 2.47. The molecule has 0 aliphatic carbocycles. The van der Waals surface area contributed by atoms with Gasteiger partial charge in [-0.2, -0.15) is 0 Å². The van der Waals surface area contributed by atoms with Crippen molar-refractivity contribution in [2.24, 2.45) is 0 Å². The van der Waals surface area contributed by atoms with E-state index in [0.717, 1.165) is 8.66 Å². The lowest BCUT2D eigenvalue weighted by atomic mass is 10.2. The molecule has 0 unspecified atom stereocenters. The minimum Gasteiger partial charge on any atom is -0.375 e. The molecule has 1 aromatic rings. The molecule has 0 saturated carbocycles. The summed E-state index contributed by atoms with van der Waals surface area (Å²) in [4.78, 5) is 14.9. The normalized spacial score (nSPS) is 25.8. The molecular weight excluding hydrogens is 290 g/mol. The lowest BCUT2D eigenvalue weighted by molar-refractivity contribution is -0.0385. The number of ether oxygens (including phenoxy) is 1. The van der Waals surface area contributed by atoms with Crippen LogP contribution in [0.2, 0.25) is 0 Å². The average molecular weight is 304 g/mol. The molecule has 2 atom stereocenters. The number of rotatable bonds is 1. The molecule has 0 aromatic carbocycles. The molecule has 0 N–H and O–H groups in total. The van der Waals surface area contributed by atoms with Gasteiger partial charge in [-0.1, -0.05) is 0 Å². The monoisotopic (exact) mass is 303 g/mol. The highest BCUT2D eigenvalue weighted by Crippen LogP contribution is 2.25. The van der Waals surface area contributed by atoms with Gasteiger partial charge in [0, 0.05) is 6.54 Å². The fourth-order valence-electron chi connectivity index (χ4n) is 1.76. The Hall–Kier alpha value is -0.390. The summed E-state index contributed by atoms with van der Waals surface area (Å²) in [5, 5.41) is 0. The van der Waals surface area contributed by atoms with Crippen molar-refractivity contribution in [2.75, 3.05) is 13.2 Å². The molecule has 1 fully saturated rings. The molecule has 2 rings (SSSR count). The Balaban J connectivity index is 2.14. The van der Waals surface area contributed by atoms with Crippen molar-refractivity contribution < 1.29 is 9.53 Å². The molecule has 0 bridgehead atoms. The summed E-state index contributed by atoms with van der Waals surface area (Å²) in [7, 11) is 0. The van der Waals surface area contributed by atoms with E-state index >= 15 is 0 Å². The Kier molecular flexibility index (Phi) is 3.66. The summed E-state index contributed by atoms with van der Waals surface area (Å²) < 4.78 is 6.50. The third-order valence-corrected chi connectivity index (χ3v) is 4.26. The highest BCUT2D eigenvalue weighted by molar-refractivity contribution is 9.11. The van der Waals surface area contributed by atoms with Gasteiger partial charge in [-0.3, -0.25) is 4.79 Å². The third-order valence-electron chi connectivity index (χ3n) is 2.65. The molecule has 0 radical (unpaired) electrons. The Morgan fingerprint density at radius 3 is 2.94 bits per heavy atom. The number of carbonyl (C=O) groups excluding carboxylic acids is 1. The first-order valence-electron chi connectivity index (χ1n) is 5.26. The van der Waals surface area contributed by atoms with E-state index in [4.69, 9.17) is 4.74 Å². The Labute approximate surface area is 108 Å². The van der Waals surface area contributed by atoms with E-state index in [2.05, 4.69) is 15.9 Å². The van der Waals surface area contributed by atoms with E-state index in [0.29, 0.717) is 13.2 Å². The maximum Gasteiger partial charge on any atom is 0.264 e. The van der Waals surface area contributed by atoms with Gasteiger partial charge in [0.25, 0.3) is 5.91 Å². The van der Waals surface area contributed by atoms with Crippen LogP contribution in [0.1, 0.15) is 23.5 Å². The molecule has 0 spiro atoms. The van der Waals surface area contributed by atoms with Gasteiger partial charge in [0.15, 0.2) is 0 Å². The first kappa shape index (κ1) is 12.1. The molecule has 1 aliphatic rings. The van der Waals surface area contributed by atoms with Crippen molar-refractivity contribution in [3.05, 3.63) is 20.8 Å². The molecule has 5 heteroatoms. The number of thiophene rings is 1.